The second-order valence-corrected chi connectivity index (χ2v) is 12.5. The molecule has 0 spiro atoms. The number of carbonyl (C=O) groups is 1. The smallest absolute Gasteiger partial charge is 0.357 e. The van der Waals surface area contributed by atoms with Crippen molar-refractivity contribution in [3.8, 4) is 17.2 Å². The van der Waals surface area contributed by atoms with E-state index in [1.54, 1.807) is 19.9 Å². The highest BCUT2D eigenvalue weighted by Crippen LogP contribution is 2.33. The molecule has 12 heteroatoms. The summed E-state index contributed by atoms with van der Waals surface area (Å²) in [7, 11) is -7.87. The number of carbonyl (C=O) groups excluding carboxylic acids is 1. The van der Waals surface area contributed by atoms with Crippen molar-refractivity contribution in [3.63, 3.8) is 0 Å². The summed E-state index contributed by atoms with van der Waals surface area (Å²) < 4.78 is 47.6. The maximum absolute atomic E-state index is 12.9. The zero-order valence-electron chi connectivity index (χ0n) is 20.1. The first-order valence-corrected chi connectivity index (χ1v) is 14.1. The molecule has 0 saturated heterocycles. The van der Waals surface area contributed by atoms with Gasteiger partial charge in [-0.05, 0) is 76.2 Å². The summed E-state index contributed by atoms with van der Waals surface area (Å²) in [6, 6.07) is 13.0. The van der Waals surface area contributed by atoms with Gasteiger partial charge in [-0.3, -0.25) is 9.36 Å². The van der Waals surface area contributed by atoms with Gasteiger partial charge in [0.05, 0.1) is 21.6 Å². The third-order valence-electron chi connectivity index (χ3n) is 4.85. The molecule has 3 aromatic rings. The minimum absolute atomic E-state index is 0.0943. The third-order valence-corrected chi connectivity index (χ3v) is 7.96. The SMILES string of the molecule is CC(C)Oc1cc(Oc2ccc(S(=O)(=O)C(C)C)cc2)cc(C(=O)Nc2ccc(P(=O)(O)O)cn2)c1. The lowest BCUT2D eigenvalue weighted by Gasteiger charge is -2.14. The Morgan fingerprint density at radius 3 is 2.11 bits per heavy atom. The Labute approximate surface area is 209 Å². The number of benzene rings is 2. The molecule has 2 aromatic carbocycles. The quantitative estimate of drug-likeness (QED) is 0.347. The van der Waals surface area contributed by atoms with Crippen LogP contribution in [0, 0.1) is 0 Å². The normalized spacial score (nSPS) is 12.0. The molecule has 0 saturated carbocycles. The molecule has 0 aliphatic carbocycles. The fraction of sp³-hybridized carbons (Fsp3) is 0.250. The van der Waals surface area contributed by atoms with Crippen LogP contribution >= 0.6 is 7.60 Å². The minimum Gasteiger partial charge on any atom is -0.491 e. The molecule has 0 aliphatic rings. The third kappa shape index (κ3) is 6.92. The lowest BCUT2D eigenvalue weighted by atomic mass is 10.2. The predicted molar refractivity (Wildman–Crippen MR) is 135 cm³/mol. The Hall–Kier alpha value is -3.24. The zero-order valence-corrected chi connectivity index (χ0v) is 21.8. The molecule has 0 aliphatic heterocycles. The summed E-state index contributed by atoms with van der Waals surface area (Å²) in [5.74, 6) is 0.556. The van der Waals surface area contributed by atoms with Crippen molar-refractivity contribution in [1.29, 1.82) is 0 Å². The fourth-order valence-corrected chi connectivity index (χ4v) is 4.57. The Morgan fingerprint density at radius 1 is 0.944 bits per heavy atom. The van der Waals surface area contributed by atoms with Crippen LogP contribution in [-0.4, -0.2) is 40.4 Å². The summed E-state index contributed by atoms with van der Waals surface area (Å²) in [4.78, 5) is 35.3. The molecular weight excluding hydrogens is 507 g/mol. The number of pyridine rings is 1. The van der Waals surface area contributed by atoms with Gasteiger partial charge in [0.2, 0.25) is 0 Å². The molecule has 0 fully saturated rings. The average Bonchev–Trinajstić information content (AvgIpc) is 2.78. The van der Waals surface area contributed by atoms with Crippen LogP contribution in [0.5, 0.6) is 17.2 Å². The summed E-state index contributed by atoms with van der Waals surface area (Å²) >= 11 is 0. The van der Waals surface area contributed by atoms with Crippen LogP contribution in [0.3, 0.4) is 0 Å². The highest BCUT2D eigenvalue weighted by atomic mass is 32.2. The van der Waals surface area contributed by atoms with E-state index in [4.69, 9.17) is 9.47 Å². The zero-order chi connectivity index (χ0) is 26.7. The minimum atomic E-state index is -4.45. The molecule has 36 heavy (non-hydrogen) atoms. The Morgan fingerprint density at radius 2 is 1.58 bits per heavy atom. The van der Waals surface area contributed by atoms with Gasteiger partial charge in [0.1, 0.15) is 23.1 Å². The number of anilines is 1. The number of hydrogen-bond donors (Lipinski definition) is 3. The molecule has 0 unspecified atom stereocenters. The maximum Gasteiger partial charge on any atom is 0.357 e. The number of amides is 1. The topological polar surface area (TPSA) is 152 Å². The van der Waals surface area contributed by atoms with E-state index in [0.717, 1.165) is 6.20 Å². The molecule has 0 atom stereocenters. The van der Waals surface area contributed by atoms with Crippen molar-refractivity contribution < 1.29 is 37.0 Å². The predicted octanol–water partition coefficient (Wildman–Crippen LogP) is 3.90. The molecule has 192 valence electrons. The van der Waals surface area contributed by atoms with Crippen LogP contribution in [-0.2, 0) is 14.4 Å². The second kappa shape index (κ2) is 10.8. The summed E-state index contributed by atoms with van der Waals surface area (Å²) in [5, 5.41) is 1.74. The van der Waals surface area contributed by atoms with Crippen molar-refractivity contribution in [1.82, 2.24) is 4.98 Å². The van der Waals surface area contributed by atoms with Crippen LogP contribution in [0.25, 0.3) is 0 Å². The molecule has 10 nitrogen and oxygen atoms in total. The summed E-state index contributed by atoms with van der Waals surface area (Å²) in [6.07, 6.45) is 0.811. The number of hydrogen-bond acceptors (Lipinski definition) is 7. The first kappa shape index (κ1) is 27.3. The summed E-state index contributed by atoms with van der Waals surface area (Å²) in [6.45, 7) is 6.86. The molecule has 0 radical (unpaired) electrons. The number of aromatic nitrogens is 1. The first-order chi connectivity index (χ1) is 16.8. The van der Waals surface area contributed by atoms with Gasteiger partial charge < -0.3 is 24.6 Å². The van der Waals surface area contributed by atoms with E-state index in [2.05, 4.69) is 10.3 Å². The number of rotatable bonds is 9. The van der Waals surface area contributed by atoms with Gasteiger partial charge in [0, 0.05) is 17.8 Å². The molecule has 1 aromatic heterocycles. The highest BCUT2D eigenvalue weighted by Gasteiger charge is 2.20. The van der Waals surface area contributed by atoms with E-state index >= 15 is 0 Å². The molecule has 3 N–H and O–H groups in total. The number of nitrogens with one attached hydrogen (secondary N) is 1. The fourth-order valence-electron chi connectivity index (χ4n) is 3.03. The first-order valence-electron chi connectivity index (χ1n) is 10.9. The van der Waals surface area contributed by atoms with Crippen molar-refractivity contribution >= 4 is 34.5 Å². The largest absolute Gasteiger partial charge is 0.491 e. The average molecular weight is 535 g/mol. The van der Waals surface area contributed by atoms with Crippen LogP contribution in [0.4, 0.5) is 5.82 Å². The lowest BCUT2D eigenvalue weighted by molar-refractivity contribution is 0.102. The van der Waals surface area contributed by atoms with Gasteiger partial charge in [-0.25, -0.2) is 13.4 Å². The number of nitrogens with zero attached hydrogens (tertiary/aromatic N) is 1. The van der Waals surface area contributed by atoms with E-state index in [9.17, 15) is 27.6 Å². The van der Waals surface area contributed by atoms with Crippen molar-refractivity contribution in [3.05, 3.63) is 66.4 Å². The molecular formula is C24H27N2O8PS. The van der Waals surface area contributed by atoms with Crippen molar-refractivity contribution in [2.75, 3.05) is 5.32 Å². The second-order valence-electron chi connectivity index (χ2n) is 8.43. The van der Waals surface area contributed by atoms with Gasteiger partial charge in [-0.1, -0.05) is 0 Å². The van der Waals surface area contributed by atoms with Crippen LogP contribution in [0.2, 0.25) is 0 Å². The van der Waals surface area contributed by atoms with Gasteiger partial charge in [0.15, 0.2) is 9.84 Å². The van der Waals surface area contributed by atoms with E-state index in [1.165, 1.54) is 48.5 Å². The highest BCUT2D eigenvalue weighted by molar-refractivity contribution is 7.92. The van der Waals surface area contributed by atoms with E-state index < -0.39 is 28.6 Å². The van der Waals surface area contributed by atoms with Crippen molar-refractivity contribution in [2.24, 2.45) is 0 Å². The monoisotopic (exact) mass is 534 g/mol. The molecule has 0 bridgehead atoms. The number of sulfone groups is 1. The van der Waals surface area contributed by atoms with E-state index in [0.29, 0.717) is 11.5 Å². The number of ether oxygens (including phenoxy) is 2. The van der Waals surface area contributed by atoms with Gasteiger partial charge in [-0.2, -0.15) is 0 Å². The molecule has 1 amide bonds. The van der Waals surface area contributed by atoms with E-state index in [1.807, 2.05) is 13.8 Å². The Balaban J connectivity index is 1.85. The maximum atomic E-state index is 12.9. The molecule has 1 heterocycles. The van der Waals surface area contributed by atoms with Gasteiger partial charge in [-0.15, -0.1) is 0 Å². The van der Waals surface area contributed by atoms with Crippen LogP contribution in [0.1, 0.15) is 38.1 Å². The summed E-state index contributed by atoms with van der Waals surface area (Å²) in [5.41, 5.74) is 0.183. The van der Waals surface area contributed by atoms with Gasteiger partial charge in [0.25, 0.3) is 5.91 Å². The van der Waals surface area contributed by atoms with Crippen LogP contribution in [0.15, 0.2) is 65.7 Å². The van der Waals surface area contributed by atoms with Gasteiger partial charge >= 0.3 is 7.60 Å². The Bertz CT molecular complexity index is 1380. The van der Waals surface area contributed by atoms with Crippen LogP contribution < -0.4 is 20.1 Å². The molecule has 3 rings (SSSR count). The standard InChI is InChI=1S/C24H27N2O8PS/c1-15(2)33-19-11-17(24(27)26-23-10-7-21(14-25-23)35(28,29)30)12-20(13-19)34-18-5-8-22(9-6-18)36(31,32)16(3)4/h5-16H,1-4H3,(H,25,26,27)(H2,28,29,30). The van der Waals surface area contributed by atoms with E-state index in [-0.39, 0.29) is 33.4 Å². The lowest BCUT2D eigenvalue weighted by Crippen LogP contribution is -2.15. The van der Waals surface area contributed by atoms with Crippen molar-refractivity contribution in [2.45, 2.75) is 43.9 Å². The Kier molecular flexibility index (Phi) is 8.20.